The quantitative estimate of drug-likeness (QED) is 0.693. The molecule has 0 saturated heterocycles. The van der Waals surface area contributed by atoms with Crippen molar-refractivity contribution in [2.45, 2.75) is 26.7 Å². The van der Waals surface area contributed by atoms with Gasteiger partial charge in [0.1, 0.15) is 11.5 Å². The molecule has 0 saturated carbocycles. The Morgan fingerprint density at radius 2 is 2.08 bits per heavy atom. The lowest BCUT2D eigenvalue weighted by Gasteiger charge is -2.07. The highest BCUT2D eigenvalue weighted by Crippen LogP contribution is 2.27. The molecule has 4 nitrogen and oxygen atoms in total. The predicted molar refractivity (Wildman–Crippen MR) is 55.1 cm³/mol. The second-order valence-electron chi connectivity index (χ2n) is 3.58. The van der Waals surface area contributed by atoms with Crippen molar-refractivity contribution in [3.63, 3.8) is 0 Å². The number of nitrogens with zero attached hydrogens (tertiary/aromatic N) is 2. The molecule has 0 fully saturated rings. The summed E-state index contributed by atoms with van der Waals surface area (Å²) in [6.45, 7) is 6.96. The number of aromatic nitrogens is 2. The summed E-state index contributed by atoms with van der Waals surface area (Å²) in [7, 11) is 0. The van der Waals surface area contributed by atoms with Gasteiger partial charge in [-0.2, -0.15) is 0 Å². The second-order valence-corrected chi connectivity index (χ2v) is 3.58. The van der Waals surface area contributed by atoms with Crippen molar-refractivity contribution >= 4 is 11.5 Å². The fourth-order valence-electron chi connectivity index (χ4n) is 1.41. The Bertz CT molecular complexity index is 338. The topological polar surface area (TPSA) is 49.8 Å². The molecule has 1 aliphatic heterocycles. The molecular weight excluding hydrogens is 164 g/mol. The molecule has 0 bridgehead atoms. The van der Waals surface area contributed by atoms with E-state index in [1.54, 1.807) is 0 Å². The number of anilines is 2. The van der Waals surface area contributed by atoms with Crippen LogP contribution in [0.5, 0.6) is 0 Å². The molecule has 0 aromatic carbocycles. The van der Waals surface area contributed by atoms with E-state index in [-0.39, 0.29) is 1.43 Å². The summed E-state index contributed by atoms with van der Waals surface area (Å²) in [4.78, 5) is 8.86. The molecule has 1 aromatic rings. The van der Waals surface area contributed by atoms with Gasteiger partial charge in [-0.3, -0.25) is 0 Å². The molecule has 0 spiro atoms. The highest BCUT2D eigenvalue weighted by molar-refractivity contribution is 5.71. The Morgan fingerprint density at radius 3 is 2.77 bits per heavy atom. The molecule has 0 atom stereocenters. The molecule has 2 heterocycles. The summed E-state index contributed by atoms with van der Waals surface area (Å²) >= 11 is 0. The standard InChI is InChI=1S/C9H14N4.H2/c1-5(2)8-12-6(3)7-9(13-8)11-4-10-7;/h5,10H,4H2,1-3H3,(H,11,12,13);1H. The Balaban J connectivity index is 0.000000980. The largest absolute Gasteiger partial charge is 0.363 e. The third-order valence-corrected chi connectivity index (χ3v) is 2.14. The van der Waals surface area contributed by atoms with Gasteiger partial charge in [-0.1, -0.05) is 13.8 Å². The van der Waals surface area contributed by atoms with Crippen molar-refractivity contribution < 1.29 is 1.43 Å². The maximum atomic E-state index is 4.43. The summed E-state index contributed by atoms with van der Waals surface area (Å²) in [5, 5.41) is 6.37. The number of hydrogen-bond acceptors (Lipinski definition) is 4. The minimum atomic E-state index is 0. The van der Waals surface area contributed by atoms with E-state index in [1.165, 1.54) is 0 Å². The fourth-order valence-corrected chi connectivity index (χ4v) is 1.41. The van der Waals surface area contributed by atoms with Crippen LogP contribution in [-0.4, -0.2) is 16.6 Å². The molecule has 0 aliphatic carbocycles. The lowest BCUT2D eigenvalue weighted by Crippen LogP contribution is -2.01. The normalized spacial score (nSPS) is 13.8. The first kappa shape index (κ1) is 8.29. The number of fused-ring (bicyclic) bond motifs is 1. The van der Waals surface area contributed by atoms with Crippen molar-refractivity contribution in [1.29, 1.82) is 0 Å². The van der Waals surface area contributed by atoms with Gasteiger partial charge in [0.15, 0.2) is 5.82 Å². The third-order valence-electron chi connectivity index (χ3n) is 2.14. The minimum absolute atomic E-state index is 0. The van der Waals surface area contributed by atoms with E-state index < -0.39 is 0 Å². The van der Waals surface area contributed by atoms with Gasteiger partial charge in [-0.25, -0.2) is 9.97 Å². The monoisotopic (exact) mass is 180 g/mol. The lowest BCUT2D eigenvalue weighted by atomic mass is 10.2. The zero-order valence-corrected chi connectivity index (χ0v) is 8.18. The van der Waals surface area contributed by atoms with Crippen LogP contribution in [-0.2, 0) is 0 Å². The minimum Gasteiger partial charge on any atom is -0.363 e. The fraction of sp³-hybridized carbons (Fsp3) is 0.556. The highest BCUT2D eigenvalue weighted by Gasteiger charge is 2.16. The van der Waals surface area contributed by atoms with Gasteiger partial charge in [0.2, 0.25) is 0 Å². The number of rotatable bonds is 1. The molecule has 72 valence electrons. The van der Waals surface area contributed by atoms with Crippen molar-refractivity contribution in [3.05, 3.63) is 11.5 Å². The summed E-state index contributed by atoms with van der Waals surface area (Å²) < 4.78 is 0. The van der Waals surface area contributed by atoms with Crippen LogP contribution >= 0.6 is 0 Å². The third kappa shape index (κ3) is 1.32. The summed E-state index contributed by atoms with van der Waals surface area (Å²) in [5.41, 5.74) is 2.07. The van der Waals surface area contributed by atoms with Crippen molar-refractivity contribution in [3.8, 4) is 0 Å². The molecular formula is C9H16N4. The van der Waals surface area contributed by atoms with E-state index in [4.69, 9.17) is 0 Å². The van der Waals surface area contributed by atoms with E-state index in [9.17, 15) is 0 Å². The molecule has 4 heteroatoms. The van der Waals surface area contributed by atoms with Crippen LogP contribution in [0, 0.1) is 6.92 Å². The average Bonchev–Trinajstić information content (AvgIpc) is 2.51. The molecule has 0 unspecified atom stereocenters. The van der Waals surface area contributed by atoms with Crippen molar-refractivity contribution in [2.24, 2.45) is 0 Å². The molecule has 13 heavy (non-hydrogen) atoms. The van der Waals surface area contributed by atoms with E-state index in [0.717, 1.165) is 29.7 Å². The number of nitrogens with one attached hydrogen (secondary N) is 2. The molecule has 1 aliphatic rings. The van der Waals surface area contributed by atoms with Crippen LogP contribution in [0.3, 0.4) is 0 Å². The van der Waals surface area contributed by atoms with Crippen LogP contribution in [0.25, 0.3) is 0 Å². The Morgan fingerprint density at radius 1 is 1.31 bits per heavy atom. The van der Waals surface area contributed by atoms with Gasteiger partial charge in [0.05, 0.1) is 12.4 Å². The first-order chi connectivity index (χ1) is 6.18. The van der Waals surface area contributed by atoms with Gasteiger partial charge in [0.25, 0.3) is 0 Å². The summed E-state index contributed by atoms with van der Waals surface area (Å²) in [6.07, 6.45) is 0. The van der Waals surface area contributed by atoms with Crippen LogP contribution in [0.2, 0.25) is 0 Å². The first-order valence-corrected chi connectivity index (χ1v) is 4.54. The Kier molecular flexibility index (Phi) is 1.83. The van der Waals surface area contributed by atoms with Gasteiger partial charge in [-0.15, -0.1) is 0 Å². The van der Waals surface area contributed by atoms with Crippen LogP contribution in [0.15, 0.2) is 0 Å². The van der Waals surface area contributed by atoms with Gasteiger partial charge in [0, 0.05) is 7.34 Å². The van der Waals surface area contributed by atoms with E-state index in [1.807, 2.05) is 6.92 Å². The number of hydrogen-bond donors (Lipinski definition) is 2. The highest BCUT2D eigenvalue weighted by atomic mass is 15.2. The van der Waals surface area contributed by atoms with Crippen LogP contribution in [0.4, 0.5) is 11.5 Å². The summed E-state index contributed by atoms with van der Waals surface area (Å²) in [6, 6.07) is 0. The Labute approximate surface area is 79.3 Å². The van der Waals surface area contributed by atoms with Crippen molar-refractivity contribution in [1.82, 2.24) is 9.97 Å². The van der Waals surface area contributed by atoms with E-state index >= 15 is 0 Å². The van der Waals surface area contributed by atoms with E-state index in [2.05, 4.69) is 34.4 Å². The average molecular weight is 180 g/mol. The number of aryl methyl sites for hydroxylation is 1. The predicted octanol–water partition coefficient (Wildman–Crippen LogP) is 1.95. The van der Waals surface area contributed by atoms with Gasteiger partial charge < -0.3 is 10.6 Å². The van der Waals surface area contributed by atoms with Crippen molar-refractivity contribution in [2.75, 3.05) is 17.3 Å². The lowest BCUT2D eigenvalue weighted by molar-refractivity contribution is 0.771. The molecule has 2 N–H and O–H groups in total. The SMILES string of the molecule is Cc1nc(C(C)C)nc2c1NCN2.[HH]. The van der Waals surface area contributed by atoms with Gasteiger partial charge >= 0.3 is 0 Å². The first-order valence-electron chi connectivity index (χ1n) is 4.54. The van der Waals surface area contributed by atoms with E-state index in [0.29, 0.717) is 5.92 Å². The molecule has 0 amide bonds. The smallest absolute Gasteiger partial charge is 0.154 e. The molecule has 1 aromatic heterocycles. The zero-order valence-electron chi connectivity index (χ0n) is 8.18. The Hall–Kier alpha value is -1.32. The summed E-state index contributed by atoms with van der Waals surface area (Å²) in [5.74, 6) is 2.23. The van der Waals surface area contributed by atoms with Crippen LogP contribution < -0.4 is 10.6 Å². The van der Waals surface area contributed by atoms with Crippen LogP contribution in [0.1, 0.15) is 32.7 Å². The second kappa shape index (κ2) is 2.87. The maximum Gasteiger partial charge on any atom is 0.154 e. The van der Waals surface area contributed by atoms with Gasteiger partial charge in [-0.05, 0) is 6.92 Å². The molecule has 2 rings (SSSR count). The maximum absolute atomic E-state index is 4.43. The molecule has 0 radical (unpaired) electrons. The zero-order chi connectivity index (χ0) is 9.42.